The molecule has 1 amide bonds. The van der Waals surface area contributed by atoms with Gasteiger partial charge < -0.3 is 16.4 Å². The lowest BCUT2D eigenvalue weighted by Gasteiger charge is -2.22. The third-order valence-electron chi connectivity index (χ3n) is 4.64. The summed E-state index contributed by atoms with van der Waals surface area (Å²) in [6.07, 6.45) is 3.26. The van der Waals surface area contributed by atoms with E-state index in [0.29, 0.717) is 34.6 Å². The minimum Gasteiger partial charge on any atom is -0.383 e. The highest BCUT2D eigenvalue weighted by Gasteiger charge is 2.19. The van der Waals surface area contributed by atoms with Gasteiger partial charge in [0.25, 0.3) is 5.91 Å². The first-order valence-corrected chi connectivity index (χ1v) is 10.4. The van der Waals surface area contributed by atoms with Crippen LogP contribution in [0.4, 0.5) is 10.9 Å². The van der Waals surface area contributed by atoms with E-state index in [2.05, 4.69) is 15.0 Å². The van der Waals surface area contributed by atoms with E-state index < -0.39 is 0 Å². The number of carbonyl (C=O) groups excluding carboxylic acids is 1. The maximum atomic E-state index is 13.4. The van der Waals surface area contributed by atoms with Gasteiger partial charge in [0, 0.05) is 28.2 Å². The summed E-state index contributed by atoms with van der Waals surface area (Å²) in [4.78, 5) is 28.8. The van der Waals surface area contributed by atoms with Crippen LogP contribution < -0.4 is 11.5 Å². The second-order valence-electron chi connectivity index (χ2n) is 6.89. The van der Waals surface area contributed by atoms with E-state index in [4.69, 9.17) is 23.1 Å². The van der Waals surface area contributed by atoms with E-state index in [1.54, 1.807) is 35.5 Å². The molecule has 0 bridgehead atoms. The number of thiazole rings is 1. The number of carbonyl (C=O) groups is 1. The zero-order valence-corrected chi connectivity index (χ0v) is 17.7. The van der Waals surface area contributed by atoms with Crippen LogP contribution in [0.5, 0.6) is 0 Å². The van der Waals surface area contributed by atoms with Gasteiger partial charge in [-0.05, 0) is 48.9 Å². The van der Waals surface area contributed by atoms with Crippen LogP contribution in [0.2, 0.25) is 5.02 Å². The van der Waals surface area contributed by atoms with Gasteiger partial charge in [-0.3, -0.25) is 9.78 Å². The molecule has 9 heteroatoms. The van der Waals surface area contributed by atoms with E-state index in [-0.39, 0.29) is 5.91 Å². The van der Waals surface area contributed by atoms with Crippen molar-refractivity contribution in [2.45, 2.75) is 20.0 Å². The molecule has 0 saturated carbocycles. The Bertz CT molecular complexity index is 1220. The molecule has 0 aliphatic heterocycles. The molecule has 0 saturated heterocycles. The van der Waals surface area contributed by atoms with Gasteiger partial charge in [-0.2, -0.15) is 0 Å². The van der Waals surface area contributed by atoms with Crippen molar-refractivity contribution in [3.63, 3.8) is 0 Å². The quantitative estimate of drug-likeness (QED) is 0.486. The number of fused-ring (bicyclic) bond motifs is 1. The summed E-state index contributed by atoms with van der Waals surface area (Å²) in [5.74, 6) is 0.356. The molecule has 7 nitrogen and oxygen atoms in total. The zero-order valence-electron chi connectivity index (χ0n) is 16.2. The Kier molecular flexibility index (Phi) is 5.52. The predicted octanol–water partition coefficient (Wildman–Crippen LogP) is 4.06. The van der Waals surface area contributed by atoms with Crippen LogP contribution in [0.1, 0.15) is 26.5 Å². The highest BCUT2D eigenvalue weighted by atomic mass is 35.5. The summed E-state index contributed by atoms with van der Waals surface area (Å²) >= 11 is 7.30. The van der Waals surface area contributed by atoms with Gasteiger partial charge in [0.05, 0.1) is 29.3 Å². The molecule has 4 aromatic rings. The van der Waals surface area contributed by atoms with Crippen molar-refractivity contribution in [3.05, 3.63) is 75.5 Å². The molecule has 4 N–H and O–H groups in total. The van der Waals surface area contributed by atoms with Gasteiger partial charge in [-0.25, -0.2) is 9.97 Å². The average molecular weight is 439 g/mol. The van der Waals surface area contributed by atoms with Crippen molar-refractivity contribution in [2.75, 3.05) is 11.5 Å². The summed E-state index contributed by atoms with van der Waals surface area (Å²) in [6.45, 7) is 2.59. The Hall–Kier alpha value is -3.23. The Morgan fingerprint density at radius 2 is 1.93 bits per heavy atom. The van der Waals surface area contributed by atoms with Crippen molar-refractivity contribution in [2.24, 2.45) is 0 Å². The number of benzene rings is 1. The number of aromatic nitrogens is 3. The minimum atomic E-state index is -0.130. The Morgan fingerprint density at radius 1 is 1.10 bits per heavy atom. The number of aryl methyl sites for hydroxylation is 1. The zero-order chi connectivity index (χ0) is 21.3. The molecule has 0 aliphatic rings. The summed E-state index contributed by atoms with van der Waals surface area (Å²) in [7, 11) is 0. The fraction of sp³-hybridized carbons (Fsp3) is 0.143. The first kappa shape index (κ1) is 20.1. The number of nitrogens with two attached hydrogens (primary N) is 2. The topological polar surface area (TPSA) is 111 Å². The fourth-order valence-corrected chi connectivity index (χ4v) is 3.90. The van der Waals surface area contributed by atoms with E-state index in [9.17, 15) is 4.79 Å². The molecular weight excluding hydrogens is 420 g/mol. The number of pyridine rings is 2. The molecule has 30 heavy (non-hydrogen) atoms. The molecule has 3 aromatic heterocycles. The smallest absolute Gasteiger partial charge is 0.254 e. The van der Waals surface area contributed by atoms with Crippen LogP contribution >= 0.6 is 22.9 Å². The van der Waals surface area contributed by atoms with Crippen molar-refractivity contribution in [1.29, 1.82) is 0 Å². The van der Waals surface area contributed by atoms with Crippen molar-refractivity contribution in [1.82, 2.24) is 19.9 Å². The normalized spacial score (nSPS) is 11.0. The molecule has 0 fully saturated rings. The fourth-order valence-electron chi connectivity index (χ4n) is 3.09. The number of rotatable bonds is 5. The highest BCUT2D eigenvalue weighted by Crippen LogP contribution is 2.23. The summed E-state index contributed by atoms with van der Waals surface area (Å²) in [5.41, 5.74) is 14.6. The second-order valence-corrected chi connectivity index (χ2v) is 8.47. The number of halogens is 1. The van der Waals surface area contributed by atoms with Crippen LogP contribution in [-0.2, 0) is 13.1 Å². The molecular formula is C21H19ClN6OS. The van der Waals surface area contributed by atoms with Crippen LogP contribution in [0.15, 0.2) is 48.8 Å². The van der Waals surface area contributed by atoms with E-state index in [0.717, 1.165) is 27.0 Å². The molecule has 0 radical (unpaired) electrons. The number of nitrogens with zero attached hydrogens (tertiary/aromatic N) is 4. The van der Waals surface area contributed by atoms with Crippen molar-refractivity contribution in [3.8, 4) is 0 Å². The van der Waals surface area contributed by atoms with E-state index in [1.807, 2.05) is 25.1 Å². The van der Waals surface area contributed by atoms with Crippen LogP contribution in [0.25, 0.3) is 10.9 Å². The van der Waals surface area contributed by atoms with Gasteiger partial charge in [0.2, 0.25) is 0 Å². The average Bonchev–Trinajstić information content (AvgIpc) is 3.14. The maximum Gasteiger partial charge on any atom is 0.254 e. The van der Waals surface area contributed by atoms with E-state index >= 15 is 0 Å². The number of hydrogen-bond donors (Lipinski definition) is 2. The Balaban J connectivity index is 1.67. The monoisotopic (exact) mass is 438 g/mol. The highest BCUT2D eigenvalue weighted by molar-refractivity contribution is 7.15. The summed E-state index contributed by atoms with van der Waals surface area (Å²) < 4.78 is 0. The van der Waals surface area contributed by atoms with Crippen molar-refractivity contribution >= 4 is 50.7 Å². The summed E-state index contributed by atoms with van der Waals surface area (Å²) in [5, 5.41) is 1.87. The lowest BCUT2D eigenvalue weighted by Crippen LogP contribution is -2.30. The second kappa shape index (κ2) is 8.25. The molecule has 4 rings (SSSR count). The predicted molar refractivity (Wildman–Crippen MR) is 120 cm³/mol. The Labute approximate surface area is 182 Å². The summed E-state index contributed by atoms with van der Waals surface area (Å²) in [6, 6.07) is 10.9. The lowest BCUT2D eigenvalue weighted by molar-refractivity contribution is 0.0729. The van der Waals surface area contributed by atoms with Gasteiger partial charge in [-0.1, -0.05) is 11.6 Å². The number of anilines is 2. The van der Waals surface area contributed by atoms with Crippen LogP contribution in [0, 0.1) is 6.92 Å². The van der Waals surface area contributed by atoms with Crippen LogP contribution in [0.3, 0.4) is 0 Å². The first-order valence-electron chi connectivity index (χ1n) is 9.16. The molecule has 0 aliphatic carbocycles. The molecule has 0 spiro atoms. The maximum absolute atomic E-state index is 13.4. The minimum absolute atomic E-state index is 0.130. The SMILES string of the molecule is Cc1cc2cc(C(=O)N(Cc3ccc(Cl)cn3)Cc3cnc(N)s3)ccc2nc1N. The number of amides is 1. The van der Waals surface area contributed by atoms with Crippen molar-refractivity contribution < 1.29 is 4.79 Å². The standard InChI is InChI=1S/C21H19ClN6OS/c1-12-6-14-7-13(2-5-18(14)27-19(12)23)20(29)28(11-17-9-26-21(24)30-17)10-16-4-3-15(22)8-25-16/h2-9H,10-11H2,1H3,(H2,23,27)(H2,24,26). The third-order valence-corrected chi connectivity index (χ3v) is 5.67. The molecule has 0 atom stereocenters. The van der Waals surface area contributed by atoms with Gasteiger partial charge in [-0.15, -0.1) is 11.3 Å². The van der Waals surface area contributed by atoms with Gasteiger partial charge >= 0.3 is 0 Å². The molecule has 152 valence electrons. The van der Waals surface area contributed by atoms with Gasteiger partial charge in [0.15, 0.2) is 5.13 Å². The van der Waals surface area contributed by atoms with Crippen LogP contribution in [-0.4, -0.2) is 25.8 Å². The van der Waals surface area contributed by atoms with Gasteiger partial charge in [0.1, 0.15) is 5.82 Å². The first-order chi connectivity index (χ1) is 14.4. The molecule has 1 aromatic carbocycles. The molecule has 3 heterocycles. The third kappa shape index (κ3) is 4.34. The number of hydrogen-bond acceptors (Lipinski definition) is 7. The Morgan fingerprint density at radius 3 is 2.63 bits per heavy atom. The molecule has 0 unspecified atom stereocenters. The lowest BCUT2D eigenvalue weighted by atomic mass is 10.1. The number of nitrogen functional groups attached to an aromatic ring is 2. The van der Waals surface area contributed by atoms with E-state index in [1.165, 1.54) is 11.3 Å². The largest absolute Gasteiger partial charge is 0.383 e.